The van der Waals surface area contributed by atoms with Crippen LogP contribution in [0.25, 0.3) is 0 Å². The molecular weight excluding hydrogens is 1110 g/mol. The second kappa shape index (κ2) is 55.8. The number of esters is 4. The summed E-state index contributed by atoms with van der Waals surface area (Å²) in [6.07, 6.45) is 40.1. The number of phosphoric ester groups is 2. The number of allylic oxidation sites excluding steroid dienone is 4. The summed E-state index contributed by atoms with van der Waals surface area (Å²) in [4.78, 5) is 72.2. The highest BCUT2D eigenvalue weighted by Gasteiger charge is 2.30. The van der Waals surface area contributed by atoms with E-state index < -0.39 is 97.5 Å². The number of ether oxygens (including phenoxy) is 4. The normalized spacial score (nSPS) is 15.2. The summed E-state index contributed by atoms with van der Waals surface area (Å²) in [5, 5.41) is 10.5. The monoisotopic (exact) mass is 1240 g/mol. The topological polar surface area (TPSA) is 237 Å². The van der Waals surface area contributed by atoms with E-state index in [0.29, 0.717) is 31.6 Å². The Kier molecular flexibility index (Phi) is 54.2. The highest BCUT2D eigenvalue weighted by Crippen LogP contribution is 2.45. The van der Waals surface area contributed by atoms with Gasteiger partial charge in [-0.15, -0.1) is 0 Å². The Morgan fingerprint density at radius 1 is 0.393 bits per heavy atom. The number of carbonyl (C=O) groups is 4. The Labute approximate surface area is 510 Å². The summed E-state index contributed by atoms with van der Waals surface area (Å²) in [5.74, 6) is -0.0597. The molecule has 0 aromatic heterocycles. The van der Waals surface area contributed by atoms with Gasteiger partial charge in [0.1, 0.15) is 19.3 Å². The van der Waals surface area contributed by atoms with Crippen LogP contribution in [0.5, 0.6) is 0 Å². The number of aliphatic hydroxyl groups excluding tert-OH is 1. The average Bonchev–Trinajstić information content (AvgIpc) is 3.59. The molecule has 0 aromatic carbocycles. The van der Waals surface area contributed by atoms with Crippen molar-refractivity contribution in [2.45, 2.75) is 311 Å². The minimum absolute atomic E-state index is 0.0953. The lowest BCUT2D eigenvalue weighted by Gasteiger charge is -2.21. The third-order valence-electron chi connectivity index (χ3n) is 15.0. The van der Waals surface area contributed by atoms with Crippen molar-refractivity contribution < 1.29 is 80.2 Å². The van der Waals surface area contributed by atoms with Crippen molar-refractivity contribution in [1.82, 2.24) is 0 Å². The molecule has 0 aromatic rings. The number of hydrogen-bond acceptors (Lipinski definition) is 15. The van der Waals surface area contributed by atoms with E-state index >= 15 is 0 Å². The van der Waals surface area contributed by atoms with Gasteiger partial charge < -0.3 is 33.8 Å². The maximum Gasteiger partial charge on any atom is 0.472 e. The van der Waals surface area contributed by atoms with E-state index in [1.54, 1.807) is 0 Å². The van der Waals surface area contributed by atoms with E-state index in [0.717, 1.165) is 127 Å². The second-order valence-electron chi connectivity index (χ2n) is 23.8. The fraction of sp³-hybridized carbons (Fsp3) is 0.877. The van der Waals surface area contributed by atoms with Crippen LogP contribution in [0.3, 0.4) is 0 Å². The average molecular weight is 1240 g/mol. The van der Waals surface area contributed by atoms with Crippen molar-refractivity contribution in [3.8, 4) is 0 Å². The first-order valence-electron chi connectivity index (χ1n) is 33.2. The molecule has 0 radical (unpaired) electrons. The standard InChI is InChI=1S/C65H122O17P2/c1-8-11-12-13-14-15-16-17-18-19-20-21-22-32-39-46-62(67)75-52-60(82-65(70)49-42-35-28-25-31-38-45-58(7)10-3)54-79-83(71,72)77-50-59(66)51-78-84(73,74)80-55-61(81-64(69)48-41-34-26-23-29-36-43-56(4)5)53-76-63(68)47-40-33-27-24-30-37-44-57(6)9-2/h15-18,56-61,66H,8-14,19-55H2,1-7H3,(H,71,72)(H,73,74)/b16-15-,18-17-/t57?,58?,59-,60-,61-/m1/s1. The van der Waals surface area contributed by atoms with Gasteiger partial charge in [-0.3, -0.25) is 37.3 Å². The van der Waals surface area contributed by atoms with Crippen molar-refractivity contribution in [2.75, 3.05) is 39.6 Å². The second-order valence-corrected chi connectivity index (χ2v) is 26.7. The molecule has 0 spiro atoms. The zero-order valence-corrected chi connectivity index (χ0v) is 55.6. The zero-order chi connectivity index (χ0) is 62.4. The minimum Gasteiger partial charge on any atom is -0.462 e. The Morgan fingerprint density at radius 3 is 1.06 bits per heavy atom. The van der Waals surface area contributed by atoms with Crippen LogP contribution in [0.2, 0.25) is 0 Å². The minimum atomic E-state index is -4.95. The number of phosphoric acid groups is 2. The SMILES string of the molecule is CCCCCC/C=C\C=C/CCCCCCCC(=O)OC[C@H](COP(=O)(O)OC[C@@H](O)COP(=O)(O)OC[C@@H](COC(=O)CCCCCCCCC(C)CC)OC(=O)CCCCCCCCC(C)C)OC(=O)CCCCCCCCC(C)CC. The summed E-state index contributed by atoms with van der Waals surface area (Å²) in [6.45, 7) is 11.5. The van der Waals surface area contributed by atoms with Crippen LogP contribution >= 0.6 is 15.6 Å². The van der Waals surface area contributed by atoms with Gasteiger partial charge in [0, 0.05) is 25.7 Å². The van der Waals surface area contributed by atoms with Crippen molar-refractivity contribution in [3.63, 3.8) is 0 Å². The highest BCUT2D eigenvalue weighted by atomic mass is 31.2. The smallest absolute Gasteiger partial charge is 0.462 e. The molecule has 0 fully saturated rings. The molecule has 494 valence electrons. The number of hydrogen-bond donors (Lipinski definition) is 3. The molecule has 0 aliphatic rings. The lowest BCUT2D eigenvalue weighted by molar-refractivity contribution is -0.161. The van der Waals surface area contributed by atoms with Gasteiger partial charge in [-0.1, -0.05) is 240 Å². The van der Waals surface area contributed by atoms with Gasteiger partial charge in [-0.05, 0) is 69.1 Å². The third-order valence-corrected chi connectivity index (χ3v) is 16.9. The van der Waals surface area contributed by atoms with Crippen LogP contribution in [0, 0.1) is 17.8 Å². The number of rotatable bonds is 61. The molecule has 7 atom stereocenters. The van der Waals surface area contributed by atoms with Crippen LogP contribution in [0.15, 0.2) is 24.3 Å². The molecule has 0 amide bonds. The molecule has 4 unspecified atom stereocenters. The van der Waals surface area contributed by atoms with Crippen LogP contribution in [-0.4, -0.2) is 96.7 Å². The Bertz CT molecular complexity index is 1760. The van der Waals surface area contributed by atoms with Gasteiger partial charge in [0.25, 0.3) is 0 Å². The van der Waals surface area contributed by atoms with E-state index in [1.807, 2.05) is 0 Å². The third kappa shape index (κ3) is 56.1. The predicted molar refractivity (Wildman–Crippen MR) is 335 cm³/mol. The van der Waals surface area contributed by atoms with Crippen molar-refractivity contribution in [3.05, 3.63) is 24.3 Å². The van der Waals surface area contributed by atoms with Gasteiger partial charge in [-0.2, -0.15) is 0 Å². The molecule has 17 nitrogen and oxygen atoms in total. The highest BCUT2D eigenvalue weighted by molar-refractivity contribution is 7.47. The summed E-state index contributed by atoms with van der Waals surface area (Å²) in [5.41, 5.74) is 0. The molecule has 0 rings (SSSR count). The van der Waals surface area contributed by atoms with Crippen LogP contribution < -0.4 is 0 Å². The van der Waals surface area contributed by atoms with E-state index in [1.165, 1.54) is 77.0 Å². The van der Waals surface area contributed by atoms with Crippen LogP contribution in [0.1, 0.15) is 292 Å². The fourth-order valence-corrected chi connectivity index (χ4v) is 10.6. The quantitative estimate of drug-likeness (QED) is 0.0169. The van der Waals surface area contributed by atoms with Gasteiger partial charge in [-0.25, -0.2) is 9.13 Å². The van der Waals surface area contributed by atoms with E-state index in [2.05, 4.69) is 72.8 Å². The first kappa shape index (κ1) is 81.5. The van der Waals surface area contributed by atoms with Gasteiger partial charge in [0.15, 0.2) is 12.2 Å². The molecule has 0 saturated heterocycles. The molecule has 0 bridgehead atoms. The molecule has 3 N–H and O–H groups in total. The molecule has 0 aliphatic carbocycles. The van der Waals surface area contributed by atoms with E-state index in [-0.39, 0.29) is 25.7 Å². The van der Waals surface area contributed by atoms with Crippen molar-refractivity contribution in [1.29, 1.82) is 0 Å². The first-order chi connectivity index (χ1) is 40.3. The van der Waals surface area contributed by atoms with Crippen LogP contribution in [0.4, 0.5) is 0 Å². The number of carbonyl (C=O) groups excluding carboxylic acids is 4. The van der Waals surface area contributed by atoms with Gasteiger partial charge in [0.05, 0.1) is 26.4 Å². The van der Waals surface area contributed by atoms with E-state index in [4.69, 9.17) is 37.0 Å². The Hall–Kier alpha value is -2.46. The Morgan fingerprint density at radius 2 is 0.702 bits per heavy atom. The molecule has 0 saturated carbocycles. The first-order valence-corrected chi connectivity index (χ1v) is 36.2. The summed E-state index contributed by atoms with van der Waals surface area (Å²) >= 11 is 0. The van der Waals surface area contributed by atoms with E-state index in [9.17, 15) is 43.2 Å². The van der Waals surface area contributed by atoms with Gasteiger partial charge in [0.2, 0.25) is 0 Å². The maximum absolute atomic E-state index is 13.0. The number of unbranched alkanes of at least 4 members (excludes halogenated alkanes) is 24. The summed E-state index contributed by atoms with van der Waals surface area (Å²) in [6, 6.07) is 0. The fourth-order valence-electron chi connectivity index (χ4n) is 9.05. The molecule has 0 heterocycles. The Balaban J connectivity index is 5.26. The summed E-state index contributed by atoms with van der Waals surface area (Å²) in [7, 11) is -9.90. The largest absolute Gasteiger partial charge is 0.472 e. The predicted octanol–water partition coefficient (Wildman–Crippen LogP) is 17.4. The lowest BCUT2D eigenvalue weighted by Crippen LogP contribution is -2.30. The lowest BCUT2D eigenvalue weighted by atomic mass is 10.00. The molecule has 0 aliphatic heterocycles. The van der Waals surface area contributed by atoms with Crippen molar-refractivity contribution >= 4 is 39.5 Å². The maximum atomic E-state index is 13.0. The molecular formula is C65H122O17P2. The molecule has 84 heavy (non-hydrogen) atoms. The van der Waals surface area contributed by atoms with Crippen LogP contribution in [-0.2, 0) is 65.4 Å². The number of aliphatic hydroxyl groups is 1. The summed E-state index contributed by atoms with van der Waals surface area (Å²) < 4.78 is 67.9. The van der Waals surface area contributed by atoms with Crippen molar-refractivity contribution in [2.24, 2.45) is 17.8 Å². The van der Waals surface area contributed by atoms with Gasteiger partial charge >= 0.3 is 39.5 Å². The zero-order valence-electron chi connectivity index (χ0n) is 53.8. The molecule has 19 heteroatoms.